The first-order chi connectivity index (χ1) is 15.7. The lowest BCUT2D eigenvalue weighted by molar-refractivity contribution is -0.155. The first kappa shape index (κ1) is 28.1. The van der Waals surface area contributed by atoms with Gasteiger partial charge in [-0.15, -0.1) is 0 Å². The molecule has 1 heterocycles. The molecule has 2 fully saturated rings. The maximum atomic E-state index is 14.9. The molecule has 1 saturated carbocycles. The molecule has 33 heavy (non-hydrogen) atoms. The molecule has 2 rings (SSSR count). The van der Waals surface area contributed by atoms with E-state index in [2.05, 4.69) is 5.32 Å². The van der Waals surface area contributed by atoms with Crippen molar-refractivity contribution in [3.8, 4) is 0 Å². The minimum absolute atomic E-state index is 0.0730. The Balaban J connectivity index is 1.70. The number of amides is 1. The molecule has 0 radical (unpaired) electrons. The van der Waals surface area contributed by atoms with E-state index in [4.69, 9.17) is 9.47 Å². The molecular weight excluding hydrogens is 430 g/mol. The van der Waals surface area contributed by atoms with Crippen LogP contribution in [-0.2, 0) is 19.1 Å². The third-order valence-corrected chi connectivity index (χ3v) is 7.41. The van der Waals surface area contributed by atoms with Gasteiger partial charge in [0.1, 0.15) is 11.7 Å². The summed E-state index contributed by atoms with van der Waals surface area (Å²) in [5, 5.41) is 2.61. The van der Waals surface area contributed by atoms with Crippen molar-refractivity contribution in [2.75, 3.05) is 39.5 Å². The molecule has 0 bridgehead atoms. The Hall–Kier alpha value is -1.12. The molecular formula is C25H44F2N2O4. The van der Waals surface area contributed by atoms with E-state index in [-0.39, 0.29) is 50.1 Å². The van der Waals surface area contributed by atoms with Crippen LogP contribution in [0.5, 0.6) is 0 Å². The summed E-state index contributed by atoms with van der Waals surface area (Å²) in [5.41, 5.74) is 0. The first-order valence-corrected chi connectivity index (χ1v) is 12.8. The zero-order chi connectivity index (χ0) is 24.4. The molecule has 1 amide bonds. The second kappa shape index (κ2) is 13.7. The van der Waals surface area contributed by atoms with Gasteiger partial charge in [0.25, 0.3) is 5.92 Å². The van der Waals surface area contributed by atoms with Crippen LogP contribution in [0.2, 0.25) is 0 Å². The summed E-state index contributed by atoms with van der Waals surface area (Å²) >= 11 is 0. The van der Waals surface area contributed by atoms with Crippen LogP contribution in [0.3, 0.4) is 0 Å². The van der Waals surface area contributed by atoms with E-state index in [9.17, 15) is 18.4 Å². The van der Waals surface area contributed by atoms with E-state index in [0.717, 1.165) is 38.5 Å². The van der Waals surface area contributed by atoms with Crippen molar-refractivity contribution in [2.45, 2.75) is 90.7 Å². The van der Waals surface area contributed by atoms with Crippen LogP contribution < -0.4 is 5.32 Å². The summed E-state index contributed by atoms with van der Waals surface area (Å²) in [7, 11) is 0. The Morgan fingerprint density at radius 2 is 1.73 bits per heavy atom. The van der Waals surface area contributed by atoms with E-state index in [1.807, 2.05) is 32.6 Å². The number of rotatable bonds is 13. The average molecular weight is 475 g/mol. The lowest BCUT2D eigenvalue weighted by atomic mass is 9.78. The van der Waals surface area contributed by atoms with E-state index in [1.54, 1.807) is 0 Å². The minimum atomic E-state index is -3.06. The summed E-state index contributed by atoms with van der Waals surface area (Å²) < 4.78 is 40.6. The summed E-state index contributed by atoms with van der Waals surface area (Å²) in [6.07, 6.45) is 5.22. The predicted molar refractivity (Wildman–Crippen MR) is 124 cm³/mol. The third-order valence-electron chi connectivity index (χ3n) is 7.41. The van der Waals surface area contributed by atoms with Crippen LogP contribution >= 0.6 is 0 Å². The lowest BCUT2D eigenvalue weighted by Gasteiger charge is -2.43. The number of nitrogens with one attached hydrogen (secondary N) is 1. The fraction of sp³-hybridized carbons (Fsp3) is 0.920. The van der Waals surface area contributed by atoms with Gasteiger partial charge in [-0.05, 0) is 58.4 Å². The largest absolute Gasteiger partial charge is 0.377 e. The SMILES string of the molecule is CCC(C)OCCOCCNC(=O)C1CCN(C2CCC(C(=O)C(C)CC)CC2)CC1(F)F. The van der Waals surface area contributed by atoms with Crippen LogP contribution in [0.1, 0.15) is 72.6 Å². The fourth-order valence-corrected chi connectivity index (χ4v) is 4.83. The molecule has 6 nitrogen and oxygen atoms in total. The van der Waals surface area contributed by atoms with Gasteiger partial charge in [-0.2, -0.15) is 0 Å². The molecule has 3 unspecified atom stereocenters. The first-order valence-electron chi connectivity index (χ1n) is 12.8. The van der Waals surface area contributed by atoms with Gasteiger partial charge in [0.15, 0.2) is 0 Å². The van der Waals surface area contributed by atoms with Crippen LogP contribution in [0, 0.1) is 17.8 Å². The second-order valence-electron chi connectivity index (χ2n) is 9.78. The van der Waals surface area contributed by atoms with Gasteiger partial charge in [-0.1, -0.05) is 20.8 Å². The number of halogens is 2. The van der Waals surface area contributed by atoms with Gasteiger partial charge in [0, 0.05) is 24.4 Å². The van der Waals surface area contributed by atoms with Crippen molar-refractivity contribution < 1.29 is 27.8 Å². The Morgan fingerprint density at radius 3 is 2.33 bits per heavy atom. The molecule has 0 spiro atoms. The van der Waals surface area contributed by atoms with Crippen LogP contribution in [0.15, 0.2) is 0 Å². The Kier molecular flexibility index (Phi) is 11.7. The number of Topliss-reactive ketones (excluding diaryl/α,β-unsaturated/α-hetero) is 1. The average Bonchev–Trinajstić information content (AvgIpc) is 2.81. The van der Waals surface area contributed by atoms with Gasteiger partial charge >= 0.3 is 0 Å². The number of carbonyl (C=O) groups excluding carboxylic acids is 2. The van der Waals surface area contributed by atoms with Crippen molar-refractivity contribution in [2.24, 2.45) is 17.8 Å². The van der Waals surface area contributed by atoms with E-state index in [1.165, 1.54) is 0 Å². The summed E-state index contributed by atoms with van der Waals surface area (Å²) in [4.78, 5) is 26.7. The number of carbonyl (C=O) groups is 2. The van der Waals surface area contributed by atoms with Gasteiger partial charge in [0.2, 0.25) is 5.91 Å². The summed E-state index contributed by atoms with van der Waals surface area (Å²) in [5.74, 6) is -4.48. The summed E-state index contributed by atoms with van der Waals surface area (Å²) in [6.45, 7) is 9.52. The van der Waals surface area contributed by atoms with Crippen molar-refractivity contribution in [3.63, 3.8) is 0 Å². The quantitative estimate of drug-likeness (QED) is 0.408. The molecule has 2 aliphatic rings. The number of likely N-dealkylation sites (tertiary alicyclic amines) is 1. The molecule has 3 atom stereocenters. The molecule has 1 aliphatic carbocycles. The Morgan fingerprint density at radius 1 is 1.03 bits per heavy atom. The molecule has 8 heteroatoms. The molecule has 0 aromatic carbocycles. The standard InChI is InChI=1S/C25H44F2N2O4/c1-5-18(3)23(30)20-7-9-21(10-8-20)29-13-11-22(25(26,27)17-29)24(31)28-12-14-32-15-16-33-19(4)6-2/h18-22H,5-17H2,1-4H3,(H,28,31). The second-order valence-corrected chi connectivity index (χ2v) is 9.78. The lowest BCUT2D eigenvalue weighted by Crippen LogP contribution is -2.56. The van der Waals surface area contributed by atoms with E-state index >= 15 is 0 Å². The molecule has 1 aliphatic heterocycles. The highest BCUT2D eigenvalue weighted by Gasteiger charge is 2.49. The molecule has 1 saturated heterocycles. The van der Waals surface area contributed by atoms with E-state index in [0.29, 0.717) is 25.5 Å². The third kappa shape index (κ3) is 8.55. The maximum Gasteiger partial charge on any atom is 0.272 e. The highest BCUT2D eigenvalue weighted by Crippen LogP contribution is 2.37. The monoisotopic (exact) mass is 474 g/mol. The van der Waals surface area contributed by atoms with Crippen molar-refractivity contribution >= 4 is 11.7 Å². The van der Waals surface area contributed by atoms with Gasteiger partial charge in [-0.25, -0.2) is 8.78 Å². The Labute approximate surface area is 198 Å². The highest BCUT2D eigenvalue weighted by molar-refractivity contribution is 5.83. The van der Waals surface area contributed by atoms with Crippen molar-refractivity contribution in [3.05, 3.63) is 0 Å². The summed E-state index contributed by atoms with van der Waals surface area (Å²) in [6, 6.07) is 0.0758. The van der Waals surface area contributed by atoms with Gasteiger partial charge < -0.3 is 14.8 Å². The Bertz CT molecular complexity index is 611. The number of alkyl halides is 2. The smallest absolute Gasteiger partial charge is 0.272 e. The zero-order valence-corrected chi connectivity index (χ0v) is 20.9. The van der Waals surface area contributed by atoms with Crippen LogP contribution in [0.4, 0.5) is 8.78 Å². The van der Waals surface area contributed by atoms with Gasteiger partial charge in [0.05, 0.1) is 32.5 Å². The van der Waals surface area contributed by atoms with Crippen molar-refractivity contribution in [1.82, 2.24) is 10.2 Å². The number of ketones is 1. The maximum absolute atomic E-state index is 14.9. The number of hydrogen-bond acceptors (Lipinski definition) is 5. The molecule has 1 N–H and O–H groups in total. The molecule has 0 aromatic rings. The number of ether oxygens (including phenoxy) is 2. The minimum Gasteiger partial charge on any atom is -0.377 e. The predicted octanol–water partition coefficient (Wildman–Crippen LogP) is 4.07. The topological polar surface area (TPSA) is 67.9 Å². The fourth-order valence-electron chi connectivity index (χ4n) is 4.83. The van der Waals surface area contributed by atoms with Gasteiger partial charge in [-0.3, -0.25) is 14.5 Å². The molecule has 192 valence electrons. The van der Waals surface area contributed by atoms with Crippen LogP contribution in [0.25, 0.3) is 0 Å². The zero-order valence-electron chi connectivity index (χ0n) is 20.9. The van der Waals surface area contributed by atoms with E-state index < -0.39 is 17.7 Å². The van der Waals surface area contributed by atoms with Crippen molar-refractivity contribution in [1.29, 1.82) is 0 Å². The number of hydrogen-bond donors (Lipinski definition) is 1. The normalized spacial score (nSPS) is 27.6. The highest BCUT2D eigenvalue weighted by atomic mass is 19.3. The number of nitrogens with zero attached hydrogens (tertiary/aromatic N) is 1. The molecule has 0 aromatic heterocycles. The van der Waals surface area contributed by atoms with Crippen LogP contribution in [-0.4, -0.2) is 74.1 Å². The number of piperidine rings is 1.